The monoisotopic (exact) mass is 252 g/mol. The molecule has 0 fully saturated rings. The molecule has 0 spiro atoms. The van der Waals surface area contributed by atoms with Gasteiger partial charge in [0, 0.05) is 0 Å². The molecule has 0 bridgehead atoms. The maximum atomic E-state index is 12.1. The van der Waals surface area contributed by atoms with Crippen molar-refractivity contribution >= 4 is 0 Å². The molecule has 0 saturated carbocycles. The lowest BCUT2D eigenvalue weighted by Crippen LogP contribution is -2.19. The molecule has 4 nitrogen and oxygen atoms in total. The molecule has 94 valence electrons. The molecule has 4 heteroatoms. The van der Waals surface area contributed by atoms with Gasteiger partial charge in [-0.15, -0.1) is 0 Å². The van der Waals surface area contributed by atoms with E-state index in [1.165, 1.54) is 10.9 Å². The van der Waals surface area contributed by atoms with Crippen molar-refractivity contribution in [1.29, 1.82) is 0 Å². The molecule has 3 aromatic rings. The average Bonchev–Trinajstić information content (AvgIpc) is 2.77. The van der Waals surface area contributed by atoms with Crippen LogP contribution < -0.4 is 5.56 Å². The lowest BCUT2D eigenvalue weighted by molar-refractivity contribution is 0.469. The van der Waals surface area contributed by atoms with Gasteiger partial charge in [0.05, 0.1) is 17.6 Å². The highest BCUT2D eigenvalue weighted by Gasteiger charge is 2.12. The largest absolute Gasteiger partial charge is 0.502 e. The van der Waals surface area contributed by atoms with E-state index in [0.717, 1.165) is 5.69 Å². The Balaban J connectivity index is 2.28. The van der Waals surface area contributed by atoms with Gasteiger partial charge >= 0.3 is 5.56 Å². The molecule has 0 atom stereocenters. The number of aromatic nitrogens is 2. The van der Waals surface area contributed by atoms with E-state index in [1.807, 2.05) is 60.7 Å². The van der Waals surface area contributed by atoms with E-state index in [9.17, 15) is 9.90 Å². The summed E-state index contributed by atoms with van der Waals surface area (Å²) in [6, 6.07) is 18.6. The van der Waals surface area contributed by atoms with Crippen molar-refractivity contribution in [3.05, 3.63) is 77.2 Å². The zero-order valence-corrected chi connectivity index (χ0v) is 10.1. The van der Waals surface area contributed by atoms with Gasteiger partial charge in [0.1, 0.15) is 0 Å². The van der Waals surface area contributed by atoms with Crippen molar-refractivity contribution < 1.29 is 5.11 Å². The quantitative estimate of drug-likeness (QED) is 0.761. The van der Waals surface area contributed by atoms with Crippen LogP contribution in [0.5, 0.6) is 5.75 Å². The van der Waals surface area contributed by atoms with Crippen LogP contribution in [-0.2, 0) is 0 Å². The van der Waals surface area contributed by atoms with Crippen molar-refractivity contribution in [2.45, 2.75) is 0 Å². The van der Waals surface area contributed by atoms with Crippen LogP contribution in [0.15, 0.2) is 71.7 Å². The normalized spacial score (nSPS) is 10.5. The van der Waals surface area contributed by atoms with Gasteiger partial charge < -0.3 is 5.11 Å². The number of rotatable bonds is 2. The molecule has 1 N–H and O–H groups in total. The minimum Gasteiger partial charge on any atom is -0.502 e. The van der Waals surface area contributed by atoms with Crippen molar-refractivity contribution in [1.82, 2.24) is 9.36 Å². The highest BCUT2D eigenvalue weighted by atomic mass is 16.3. The first kappa shape index (κ1) is 11.3. The van der Waals surface area contributed by atoms with Crippen LogP contribution in [0.4, 0.5) is 0 Å². The summed E-state index contributed by atoms with van der Waals surface area (Å²) in [7, 11) is 0. The smallest absolute Gasteiger partial charge is 0.313 e. The minimum atomic E-state index is -0.435. The fourth-order valence-corrected chi connectivity index (χ4v) is 2.02. The van der Waals surface area contributed by atoms with Gasteiger partial charge in [-0.3, -0.25) is 4.79 Å². The molecule has 0 saturated heterocycles. The average molecular weight is 252 g/mol. The third-order valence-electron chi connectivity index (χ3n) is 2.89. The first-order chi connectivity index (χ1) is 9.27. The first-order valence-electron chi connectivity index (χ1n) is 5.92. The Morgan fingerprint density at radius 1 is 0.789 bits per heavy atom. The molecule has 2 aromatic carbocycles. The van der Waals surface area contributed by atoms with Gasteiger partial charge in [-0.2, -0.15) is 0 Å². The van der Waals surface area contributed by atoms with E-state index in [2.05, 4.69) is 0 Å². The lowest BCUT2D eigenvalue weighted by atomic mass is 10.3. The predicted octanol–water partition coefficient (Wildman–Crippen LogP) is 2.33. The summed E-state index contributed by atoms with van der Waals surface area (Å²) in [5.74, 6) is -0.271. The van der Waals surface area contributed by atoms with E-state index in [1.54, 1.807) is 4.68 Å². The molecule has 0 unspecified atom stereocenters. The third-order valence-corrected chi connectivity index (χ3v) is 2.89. The summed E-state index contributed by atoms with van der Waals surface area (Å²) in [4.78, 5) is 12.1. The Morgan fingerprint density at radius 2 is 1.32 bits per heavy atom. The van der Waals surface area contributed by atoms with Gasteiger partial charge in [0.15, 0.2) is 0 Å². The fraction of sp³-hybridized carbons (Fsp3) is 0. The Bertz CT molecular complexity index is 743. The number of nitrogens with zero attached hydrogens (tertiary/aromatic N) is 2. The van der Waals surface area contributed by atoms with Crippen LogP contribution in [-0.4, -0.2) is 14.5 Å². The van der Waals surface area contributed by atoms with Crippen LogP contribution in [0, 0.1) is 0 Å². The van der Waals surface area contributed by atoms with Gasteiger partial charge in [0.25, 0.3) is 0 Å². The summed E-state index contributed by atoms with van der Waals surface area (Å²) in [6.07, 6.45) is 1.42. The number of hydrogen-bond acceptors (Lipinski definition) is 2. The number of benzene rings is 2. The second-order valence-electron chi connectivity index (χ2n) is 4.15. The Morgan fingerprint density at radius 3 is 1.89 bits per heavy atom. The van der Waals surface area contributed by atoms with E-state index in [-0.39, 0.29) is 5.75 Å². The Kier molecular flexibility index (Phi) is 2.68. The van der Waals surface area contributed by atoms with Crippen LogP contribution in [0.1, 0.15) is 0 Å². The van der Waals surface area contributed by atoms with Crippen LogP contribution in [0.2, 0.25) is 0 Å². The van der Waals surface area contributed by atoms with E-state index < -0.39 is 5.56 Å². The summed E-state index contributed by atoms with van der Waals surface area (Å²) in [6.45, 7) is 0. The van der Waals surface area contributed by atoms with Crippen molar-refractivity contribution in [3.63, 3.8) is 0 Å². The molecule has 1 aromatic heterocycles. The summed E-state index contributed by atoms with van der Waals surface area (Å²) >= 11 is 0. The third kappa shape index (κ3) is 1.93. The summed E-state index contributed by atoms with van der Waals surface area (Å²) < 4.78 is 3.07. The maximum absolute atomic E-state index is 12.1. The van der Waals surface area contributed by atoms with Gasteiger partial charge in [-0.05, 0) is 24.3 Å². The van der Waals surface area contributed by atoms with Crippen LogP contribution in [0.3, 0.4) is 0 Å². The molecular weight excluding hydrogens is 240 g/mol. The second kappa shape index (κ2) is 4.49. The molecule has 1 heterocycles. The topological polar surface area (TPSA) is 47.2 Å². The summed E-state index contributed by atoms with van der Waals surface area (Å²) in [5.41, 5.74) is 1.08. The lowest BCUT2D eigenvalue weighted by Gasteiger charge is -2.10. The van der Waals surface area contributed by atoms with Crippen molar-refractivity contribution in [2.75, 3.05) is 0 Å². The first-order valence-corrected chi connectivity index (χ1v) is 5.92. The van der Waals surface area contributed by atoms with Crippen molar-refractivity contribution in [2.24, 2.45) is 0 Å². The maximum Gasteiger partial charge on any atom is 0.313 e. The fourth-order valence-electron chi connectivity index (χ4n) is 2.02. The predicted molar refractivity (Wildman–Crippen MR) is 73.0 cm³/mol. The van der Waals surface area contributed by atoms with Crippen molar-refractivity contribution in [3.8, 4) is 17.1 Å². The molecule has 0 aliphatic heterocycles. The van der Waals surface area contributed by atoms with E-state index in [4.69, 9.17) is 0 Å². The summed E-state index contributed by atoms with van der Waals surface area (Å²) in [5, 5.41) is 9.69. The standard InChI is InChI=1S/C15H12N2O2/c18-14-11-16(12-7-3-1-4-8-12)17(15(14)19)13-9-5-2-6-10-13/h1-11,18H. The van der Waals surface area contributed by atoms with Crippen LogP contribution >= 0.6 is 0 Å². The molecule has 0 amide bonds. The number of para-hydroxylation sites is 2. The Labute approximate surface area is 109 Å². The highest BCUT2D eigenvalue weighted by molar-refractivity contribution is 5.38. The minimum absolute atomic E-state index is 0.271. The zero-order valence-electron chi connectivity index (χ0n) is 10.1. The van der Waals surface area contributed by atoms with Gasteiger partial charge in [0.2, 0.25) is 5.75 Å². The molecular formula is C15H12N2O2. The number of hydrogen-bond donors (Lipinski definition) is 1. The molecule has 19 heavy (non-hydrogen) atoms. The number of aromatic hydroxyl groups is 1. The van der Waals surface area contributed by atoms with E-state index >= 15 is 0 Å². The molecule has 0 aliphatic carbocycles. The Hall–Kier alpha value is -2.75. The second-order valence-corrected chi connectivity index (χ2v) is 4.15. The molecule has 0 aliphatic rings. The van der Waals surface area contributed by atoms with Gasteiger partial charge in [-0.1, -0.05) is 36.4 Å². The highest BCUT2D eigenvalue weighted by Crippen LogP contribution is 2.14. The van der Waals surface area contributed by atoms with E-state index in [0.29, 0.717) is 5.69 Å². The molecule has 3 rings (SSSR count). The van der Waals surface area contributed by atoms with Gasteiger partial charge in [-0.25, -0.2) is 9.36 Å². The zero-order chi connectivity index (χ0) is 13.2. The SMILES string of the molecule is O=c1c(O)cn(-c2ccccc2)n1-c1ccccc1. The molecule has 0 radical (unpaired) electrons. The van der Waals surface area contributed by atoms with Crippen LogP contribution in [0.25, 0.3) is 11.4 Å².